The van der Waals surface area contributed by atoms with Gasteiger partial charge < -0.3 is 19.9 Å². The number of halogens is 1. The molecule has 3 saturated heterocycles. The van der Waals surface area contributed by atoms with Gasteiger partial charge in [0.05, 0.1) is 16.6 Å². The van der Waals surface area contributed by atoms with Gasteiger partial charge in [-0.2, -0.15) is 0 Å². The van der Waals surface area contributed by atoms with Crippen molar-refractivity contribution in [3.63, 3.8) is 0 Å². The number of nitrogens with one attached hydrogen (secondary N) is 2. The highest BCUT2D eigenvalue weighted by atomic mass is 79.9. The minimum absolute atomic E-state index is 0.00317. The molecule has 0 saturated carbocycles. The molecule has 230 valence electrons. The lowest BCUT2D eigenvalue weighted by atomic mass is 9.79. The van der Waals surface area contributed by atoms with E-state index in [1.54, 1.807) is 4.90 Å². The first-order chi connectivity index (χ1) is 20.4. The second kappa shape index (κ2) is 9.91. The molecule has 2 unspecified atom stereocenters. The number of carbonyl (C=O) groups is 3. The van der Waals surface area contributed by atoms with Crippen LogP contribution >= 0.6 is 15.9 Å². The first-order valence-corrected chi connectivity index (χ1v) is 16.5. The standard InChI is InChI=1S/C33H42BrN5O4/c1-17(2)13-25-30(41)38-12-8-11-26(38)32(5)39(25)31(42)33(43-32,18(3)4)36-29(40)19-14-21-20-9-7-10-23-27(20)22(28(34)35-23)15-24(21)37(6)16-19/h7,9-10,14,17-19,24-26,35H,8,11-13,15-16H2,1-6H3,(H,36,40)/t19?,24-,25+,26?,32+,33-/m1/s1. The Morgan fingerprint density at radius 2 is 2.00 bits per heavy atom. The lowest BCUT2D eigenvalue weighted by molar-refractivity contribution is -0.212. The molecule has 2 aromatic rings. The monoisotopic (exact) mass is 651 g/mol. The molecule has 1 aromatic carbocycles. The van der Waals surface area contributed by atoms with Crippen molar-refractivity contribution in [3.8, 4) is 0 Å². The summed E-state index contributed by atoms with van der Waals surface area (Å²) in [6.45, 7) is 11.1. The van der Waals surface area contributed by atoms with Crippen molar-refractivity contribution in [1.29, 1.82) is 0 Å². The van der Waals surface area contributed by atoms with Crippen LogP contribution in [0.3, 0.4) is 0 Å². The van der Waals surface area contributed by atoms with Crippen LogP contribution in [0.4, 0.5) is 0 Å². The third-order valence-electron chi connectivity index (χ3n) is 10.6. The van der Waals surface area contributed by atoms with Crippen LogP contribution in [0, 0.1) is 17.8 Å². The van der Waals surface area contributed by atoms with Crippen molar-refractivity contribution < 1.29 is 19.1 Å². The minimum Gasteiger partial charge on any atom is -0.349 e. The number of carbonyl (C=O) groups excluding carboxylic acids is 3. The van der Waals surface area contributed by atoms with E-state index >= 15 is 0 Å². The summed E-state index contributed by atoms with van der Waals surface area (Å²) in [6, 6.07) is 5.58. The van der Waals surface area contributed by atoms with Crippen LogP contribution in [0.1, 0.15) is 65.0 Å². The molecule has 4 aliphatic heterocycles. The highest BCUT2D eigenvalue weighted by Gasteiger charge is 2.70. The van der Waals surface area contributed by atoms with Crippen molar-refractivity contribution in [2.24, 2.45) is 17.8 Å². The Labute approximate surface area is 261 Å². The maximum atomic E-state index is 14.6. The average molecular weight is 653 g/mol. The van der Waals surface area contributed by atoms with Crippen LogP contribution in [-0.2, 0) is 25.5 Å². The Morgan fingerprint density at radius 1 is 1.23 bits per heavy atom. The number of rotatable bonds is 5. The van der Waals surface area contributed by atoms with Crippen molar-refractivity contribution >= 4 is 50.1 Å². The van der Waals surface area contributed by atoms with Gasteiger partial charge in [0.1, 0.15) is 6.04 Å². The number of H-pyrrole nitrogens is 1. The summed E-state index contributed by atoms with van der Waals surface area (Å²) in [6.07, 6.45) is 5.15. The van der Waals surface area contributed by atoms with Crippen LogP contribution < -0.4 is 5.32 Å². The normalized spacial score (nSPS) is 33.7. The number of fused-ring (bicyclic) bond motifs is 5. The van der Waals surface area contributed by atoms with E-state index in [4.69, 9.17) is 4.74 Å². The Hall–Kier alpha value is -2.69. The SMILES string of the molecule is CC(C)C[C@H]1C(=O)N2CCCC2[C@]2(C)O[C@](NC(=O)C3C=C4c5cccc6[nH]c(Br)c(c56)C[C@H]4N(C)C3)(C(C)C)C(=O)N12. The fourth-order valence-corrected chi connectivity index (χ4v) is 9.12. The van der Waals surface area contributed by atoms with E-state index in [2.05, 4.69) is 70.2 Å². The third-order valence-corrected chi connectivity index (χ3v) is 11.3. The average Bonchev–Trinajstić information content (AvgIpc) is 3.63. The van der Waals surface area contributed by atoms with Crippen molar-refractivity contribution in [2.75, 3.05) is 20.1 Å². The van der Waals surface area contributed by atoms with E-state index in [1.165, 1.54) is 10.9 Å². The van der Waals surface area contributed by atoms with Gasteiger partial charge in [-0.3, -0.25) is 24.2 Å². The number of hydrogen-bond acceptors (Lipinski definition) is 5. The van der Waals surface area contributed by atoms with Crippen molar-refractivity contribution in [1.82, 2.24) is 25.0 Å². The Morgan fingerprint density at radius 3 is 2.72 bits per heavy atom. The molecule has 5 heterocycles. The fourth-order valence-electron chi connectivity index (χ4n) is 8.54. The van der Waals surface area contributed by atoms with Crippen molar-refractivity contribution in [3.05, 3.63) is 40.0 Å². The van der Waals surface area contributed by atoms with Crippen LogP contribution in [0.25, 0.3) is 16.5 Å². The van der Waals surface area contributed by atoms with Gasteiger partial charge in [0.2, 0.25) is 17.5 Å². The number of piperazine rings is 1. The number of hydrogen-bond donors (Lipinski definition) is 2. The summed E-state index contributed by atoms with van der Waals surface area (Å²) in [4.78, 5) is 51.9. The molecule has 10 heteroatoms. The van der Waals surface area contributed by atoms with Gasteiger partial charge in [0, 0.05) is 36.0 Å². The molecule has 3 amide bonds. The molecule has 43 heavy (non-hydrogen) atoms. The highest BCUT2D eigenvalue weighted by molar-refractivity contribution is 9.10. The van der Waals surface area contributed by atoms with Gasteiger partial charge >= 0.3 is 0 Å². The predicted octanol–water partition coefficient (Wildman–Crippen LogP) is 4.26. The summed E-state index contributed by atoms with van der Waals surface area (Å²) >= 11 is 3.72. The molecule has 0 spiro atoms. The molecule has 1 aliphatic carbocycles. The zero-order chi connectivity index (χ0) is 30.6. The summed E-state index contributed by atoms with van der Waals surface area (Å²) in [5, 5.41) is 4.36. The van der Waals surface area contributed by atoms with E-state index in [-0.39, 0.29) is 41.6 Å². The second-order valence-corrected chi connectivity index (χ2v) is 14.9. The zero-order valence-corrected chi connectivity index (χ0v) is 27.5. The lowest BCUT2D eigenvalue weighted by Gasteiger charge is -2.51. The molecule has 2 N–H and O–H groups in total. The van der Waals surface area contributed by atoms with Gasteiger partial charge in [0.25, 0.3) is 5.91 Å². The largest absolute Gasteiger partial charge is 0.349 e. The Balaban J connectivity index is 1.25. The Bertz CT molecular complexity index is 1570. The molecule has 0 bridgehead atoms. The topological polar surface area (TPSA) is 98.0 Å². The molecule has 0 radical (unpaired) electrons. The lowest BCUT2D eigenvalue weighted by Crippen LogP contribution is -2.70. The van der Waals surface area contributed by atoms with Gasteiger partial charge in [0.15, 0.2) is 5.72 Å². The maximum Gasteiger partial charge on any atom is 0.279 e. The minimum atomic E-state index is -1.56. The molecular formula is C33H42BrN5O4. The second-order valence-electron chi connectivity index (χ2n) is 14.1. The van der Waals surface area contributed by atoms with E-state index in [0.29, 0.717) is 19.5 Å². The van der Waals surface area contributed by atoms with Gasteiger partial charge in [-0.15, -0.1) is 0 Å². The number of benzene rings is 1. The van der Waals surface area contributed by atoms with Crippen LogP contribution in [0.2, 0.25) is 0 Å². The highest BCUT2D eigenvalue weighted by Crippen LogP contribution is 2.50. The number of amides is 3. The summed E-state index contributed by atoms with van der Waals surface area (Å²) < 4.78 is 7.90. The predicted molar refractivity (Wildman–Crippen MR) is 168 cm³/mol. The van der Waals surface area contributed by atoms with E-state index in [1.807, 2.05) is 31.7 Å². The summed E-state index contributed by atoms with van der Waals surface area (Å²) in [7, 11) is 2.07. The quantitative estimate of drug-likeness (QED) is 0.504. The number of nitrogens with zero attached hydrogens (tertiary/aromatic N) is 3. The van der Waals surface area contributed by atoms with E-state index in [0.717, 1.165) is 40.5 Å². The van der Waals surface area contributed by atoms with Crippen LogP contribution in [0.15, 0.2) is 28.9 Å². The molecule has 9 nitrogen and oxygen atoms in total. The van der Waals surface area contributed by atoms with Gasteiger partial charge in [-0.1, -0.05) is 45.9 Å². The number of aromatic amines is 1. The van der Waals surface area contributed by atoms with Crippen molar-refractivity contribution in [2.45, 2.75) is 89.9 Å². The molecule has 1 aromatic heterocycles. The number of likely N-dealkylation sites (N-methyl/N-ethyl adjacent to an activating group) is 1. The summed E-state index contributed by atoms with van der Waals surface area (Å²) in [5.41, 5.74) is 2.06. The van der Waals surface area contributed by atoms with E-state index < -0.39 is 23.4 Å². The molecular weight excluding hydrogens is 610 g/mol. The smallest absolute Gasteiger partial charge is 0.279 e. The third kappa shape index (κ3) is 4.05. The molecule has 7 rings (SSSR count). The zero-order valence-electron chi connectivity index (χ0n) is 25.9. The van der Waals surface area contributed by atoms with Gasteiger partial charge in [-0.25, -0.2) is 0 Å². The molecule has 6 atom stereocenters. The molecule has 3 fully saturated rings. The van der Waals surface area contributed by atoms with Gasteiger partial charge in [-0.05, 0) is 84.3 Å². The fraction of sp³-hybridized carbons (Fsp3) is 0.606. The molecule has 5 aliphatic rings. The number of ether oxygens (including phenoxy) is 1. The summed E-state index contributed by atoms with van der Waals surface area (Å²) in [5.74, 6) is -1.13. The first-order valence-electron chi connectivity index (χ1n) is 15.7. The Kier molecular flexibility index (Phi) is 6.69. The maximum absolute atomic E-state index is 14.6. The number of aromatic nitrogens is 1. The van der Waals surface area contributed by atoms with Crippen LogP contribution in [0.5, 0.6) is 0 Å². The first kappa shape index (κ1) is 29.0. The van der Waals surface area contributed by atoms with E-state index in [9.17, 15) is 14.4 Å². The van der Waals surface area contributed by atoms with Crippen LogP contribution in [-0.4, -0.2) is 87.1 Å².